The molecule has 174 valence electrons. The third-order valence-electron chi connectivity index (χ3n) is 8.60. The summed E-state index contributed by atoms with van der Waals surface area (Å²) < 4.78 is 5.26. The smallest absolute Gasteiger partial charge is 0.305 e. The Kier molecular flexibility index (Phi) is 6.86. The lowest BCUT2D eigenvalue weighted by molar-refractivity contribution is -0.143. The van der Waals surface area contributed by atoms with E-state index in [0.29, 0.717) is 43.0 Å². The van der Waals surface area contributed by atoms with Crippen LogP contribution in [0.3, 0.4) is 0 Å². The first-order valence-electron chi connectivity index (χ1n) is 12.6. The molecule has 4 nitrogen and oxygen atoms in total. The number of aliphatic hydroxyl groups is 1. The van der Waals surface area contributed by atoms with Crippen LogP contribution in [-0.2, 0) is 16.0 Å². The monoisotopic (exact) mass is 438 g/mol. The molecule has 0 spiro atoms. The van der Waals surface area contributed by atoms with E-state index < -0.39 is 5.60 Å². The molecular weight excluding hydrogens is 400 g/mol. The number of hydrogen-bond acceptors (Lipinski definition) is 4. The van der Waals surface area contributed by atoms with Gasteiger partial charge in [0.2, 0.25) is 0 Å². The standard InChI is InChI=1S/C28H38O4/c1-3-4-8-26(30)32-18-7-5-6-15-28(31)17-14-25-24-11-9-20-19-21(29)10-12-22(20)23(24)13-16-27(25,28)2/h10,12,19,23-25,29,31H,3-5,7-9,11,13-14,16-18H2,1-2H3/t23-,24-,25+,27+,28+/m1/s1. The number of rotatable bonds is 6. The molecule has 0 aliphatic heterocycles. The molecule has 2 N–H and O–H groups in total. The Morgan fingerprint density at radius 3 is 2.88 bits per heavy atom. The van der Waals surface area contributed by atoms with Crippen LogP contribution in [0, 0.1) is 29.1 Å². The SMILES string of the molecule is CCCCC(=O)OCCCC#C[C@]1(O)CC[C@H]2[C@@H]3CCc4cc(O)ccc4[C@H]3CC[C@@]21C. The molecule has 0 unspecified atom stereocenters. The number of phenols is 1. The Labute approximate surface area is 192 Å². The van der Waals surface area contributed by atoms with Crippen molar-refractivity contribution >= 4 is 5.97 Å². The summed E-state index contributed by atoms with van der Waals surface area (Å²) in [4.78, 5) is 11.6. The number of unbranched alkanes of at least 4 members (excludes halogenated alkanes) is 2. The maximum atomic E-state index is 11.6. The molecule has 4 heteroatoms. The van der Waals surface area contributed by atoms with Crippen molar-refractivity contribution in [2.24, 2.45) is 17.3 Å². The summed E-state index contributed by atoms with van der Waals surface area (Å²) in [5.41, 5.74) is 1.63. The van der Waals surface area contributed by atoms with Gasteiger partial charge in [-0.15, -0.1) is 5.92 Å². The minimum absolute atomic E-state index is 0.120. The molecule has 5 atom stereocenters. The van der Waals surface area contributed by atoms with Gasteiger partial charge < -0.3 is 14.9 Å². The molecule has 0 amide bonds. The second-order valence-electron chi connectivity index (χ2n) is 10.4. The highest BCUT2D eigenvalue weighted by Gasteiger charge is 2.61. The van der Waals surface area contributed by atoms with Gasteiger partial charge in [0, 0.05) is 18.3 Å². The van der Waals surface area contributed by atoms with E-state index >= 15 is 0 Å². The Morgan fingerprint density at radius 1 is 1.22 bits per heavy atom. The van der Waals surface area contributed by atoms with Crippen LogP contribution in [0.25, 0.3) is 0 Å². The lowest BCUT2D eigenvalue weighted by Crippen LogP contribution is -2.50. The second-order valence-corrected chi connectivity index (χ2v) is 10.4. The zero-order valence-electron chi connectivity index (χ0n) is 19.7. The molecule has 32 heavy (non-hydrogen) atoms. The van der Waals surface area contributed by atoms with E-state index in [2.05, 4.69) is 31.8 Å². The van der Waals surface area contributed by atoms with Crippen LogP contribution in [0.15, 0.2) is 18.2 Å². The molecule has 4 rings (SSSR count). The van der Waals surface area contributed by atoms with Gasteiger partial charge >= 0.3 is 5.97 Å². The first-order valence-corrected chi connectivity index (χ1v) is 12.6. The van der Waals surface area contributed by atoms with Gasteiger partial charge in [0.25, 0.3) is 0 Å². The number of phenolic OH excluding ortho intramolecular Hbond substituents is 1. The van der Waals surface area contributed by atoms with Crippen LogP contribution in [-0.4, -0.2) is 28.4 Å². The number of esters is 1. The fourth-order valence-corrected chi connectivity index (χ4v) is 6.74. The van der Waals surface area contributed by atoms with Crippen molar-refractivity contribution in [2.75, 3.05) is 6.61 Å². The van der Waals surface area contributed by atoms with Crippen molar-refractivity contribution < 1.29 is 19.7 Å². The predicted octanol–water partition coefficient (Wildman–Crippen LogP) is 5.50. The number of hydrogen-bond donors (Lipinski definition) is 2. The van der Waals surface area contributed by atoms with Crippen LogP contribution in [0.4, 0.5) is 0 Å². The largest absolute Gasteiger partial charge is 0.508 e. The Bertz CT molecular complexity index is 896. The molecule has 0 radical (unpaired) electrons. The van der Waals surface area contributed by atoms with Crippen molar-refractivity contribution in [3.63, 3.8) is 0 Å². The average molecular weight is 439 g/mol. The summed E-state index contributed by atoms with van der Waals surface area (Å²) in [5, 5.41) is 21.5. The number of carbonyl (C=O) groups is 1. The summed E-state index contributed by atoms with van der Waals surface area (Å²) in [6.45, 7) is 4.73. The number of ether oxygens (including phenoxy) is 1. The van der Waals surface area contributed by atoms with Gasteiger partial charge in [-0.2, -0.15) is 0 Å². The molecule has 0 heterocycles. The van der Waals surface area contributed by atoms with E-state index in [-0.39, 0.29) is 11.4 Å². The van der Waals surface area contributed by atoms with Crippen LogP contribution in [0.5, 0.6) is 5.75 Å². The Balaban J connectivity index is 1.37. The molecule has 0 saturated heterocycles. The topological polar surface area (TPSA) is 66.8 Å². The fourth-order valence-electron chi connectivity index (χ4n) is 6.74. The van der Waals surface area contributed by atoms with Gasteiger partial charge in [-0.25, -0.2) is 0 Å². The normalized spacial score (nSPS) is 32.8. The highest BCUT2D eigenvalue weighted by molar-refractivity contribution is 5.69. The third kappa shape index (κ3) is 4.29. The zero-order valence-corrected chi connectivity index (χ0v) is 19.7. The summed E-state index contributed by atoms with van der Waals surface area (Å²) in [6.07, 6.45) is 9.72. The molecule has 1 aromatic rings. The number of carbonyl (C=O) groups excluding carboxylic acids is 1. The number of benzene rings is 1. The Morgan fingerprint density at radius 2 is 2.06 bits per heavy atom. The van der Waals surface area contributed by atoms with E-state index in [0.717, 1.165) is 57.8 Å². The molecule has 3 aliphatic carbocycles. The summed E-state index contributed by atoms with van der Waals surface area (Å²) in [7, 11) is 0. The maximum Gasteiger partial charge on any atom is 0.305 e. The van der Waals surface area contributed by atoms with E-state index in [1.807, 2.05) is 12.1 Å². The van der Waals surface area contributed by atoms with Crippen molar-refractivity contribution in [1.29, 1.82) is 0 Å². The Hall–Kier alpha value is -1.99. The third-order valence-corrected chi connectivity index (χ3v) is 8.60. The highest BCUT2D eigenvalue weighted by atomic mass is 16.5. The average Bonchev–Trinajstić information content (AvgIpc) is 3.05. The van der Waals surface area contributed by atoms with Gasteiger partial charge in [0.1, 0.15) is 11.4 Å². The van der Waals surface area contributed by atoms with Gasteiger partial charge in [-0.05, 0) is 92.4 Å². The second kappa shape index (κ2) is 9.48. The van der Waals surface area contributed by atoms with E-state index in [1.54, 1.807) is 0 Å². The minimum Gasteiger partial charge on any atom is -0.508 e. The number of fused-ring (bicyclic) bond motifs is 5. The molecule has 1 aromatic carbocycles. The van der Waals surface area contributed by atoms with Gasteiger partial charge in [0.15, 0.2) is 0 Å². The number of aromatic hydroxyl groups is 1. The highest BCUT2D eigenvalue weighted by Crippen LogP contribution is 2.64. The van der Waals surface area contributed by atoms with Gasteiger partial charge in [-0.1, -0.05) is 32.3 Å². The summed E-state index contributed by atoms with van der Waals surface area (Å²) >= 11 is 0. The van der Waals surface area contributed by atoms with Gasteiger partial charge in [-0.3, -0.25) is 4.79 Å². The quantitative estimate of drug-likeness (QED) is 0.350. The van der Waals surface area contributed by atoms with Crippen molar-refractivity contribution in [2.45, 2.75) is 96.0 Å². The molecule has 2 saturated carbocycles. The fraction of sp³-hybridized carbons (Fsp3) is 0.679. The predicted molar refractivity (Wildman–Crippen MR) is 125 cm³/mol. The maximum absolute atomic E-state index is 11.6. The minimum atomic E-state index is -0.921. The van der Waals surface area contributed by atoms with E-state index in [4.69, 9.17) is 4.74 Å². The van der Waals surface area contributed by atoms with Gasteiger partial charge in [0.05, 0.1) is 6.61 Å². The number of aryl methyl sites for hydroxylation is 1. The summed E-state index contributed by atoms with van der Waals surface area (Å²) in [6, 6.07) is 5.89. The molecule has 3 aliphatic rings. The van der Waals surface area contributed by atoms with Crippen molar-refractivity contribution in [3.05, 3.63) is 29.3 Å². The molecule has 0 aromatic heterocycles. The van der Waals surface area contributed by atoms with Crippen LogP contribution in [0.1, 0.15) is 95.1 Å². The van der Waals surface area contributed by atoms with Crippen LogP contribution in [0.2, 0.25) is 0 Å². The van der Waals surface area contributed by atoms with Crippen molar-refractivity contribution in [1.82, 2.24) is 0 Å². The molecule has 2 fully saturated rings. The van der Waals surface area contributed by atoms with Crippen molar-refractivity contribution in [3.8, 4) is 17.6 Å². The lowest BCUT2D eigenvalue weighted by atomic mass is 9.53. The molecule has 0 bridgehead atoms. The molecular formula is C28H38O4. The van der Waals surface area contributed by atoms with Crippen LogP contribution < -0.4 is 0 Å². The van der Waals surface area contributed by atoms with E-state index in [1.165, 1.54) is 11.1 Å². The summed E-state index contributed by atoms with van der Waals surface area (Å²) in [5.74, 6) is 8.35. The first-order chi connectivity index (χ1) is 15.4. The van der Waals surface area contributed by atoms with E-state index in [9.17, 15) is 15.0 Å². The van der Waals surface area contributed by atoms with Crippen LogP contribution >= 0.6 is 0 Å². The first kappa shape index (κ1) is 23.2. The zero-order chi connectivity index (χ0) is 22.8. The lowest BCUT2D eigenvalue weighted by Gasteiger charge is -2.52.